The summed E-state index contributed by atoms with van der Waals surface area (Å²) in [4.78, 5) is 15.1. The van der Waals surface area contributed by atoms with Crippen molar-refractivity contribution in [2.24, 2.45) is 0 Å². The highest BCUT2D eigenvalue weighted by molar-refractivity contribution is 7.17. The summed E-state index contributed by atoms with van der Waals surface area (Å²) in [6.07, 6.45) is 2.08. The molecule has 1 amide bonds. The third kappa shape index (κ3) is 2.57. The van der Waals surface area contributed by atoms with Gasteiger partial charge in [-0.15, -0.1) is 11.3 Å². The molecule has 0 bridgehead atoms. The molecule has 2 heterocycles. The summed E-state index contributed by atoms with van der Waals surface area (Å²) in [6.45, 7) is 3.97. The van der Waals surface area contributed by atoms with Crippen molar-refractivity contribution in [3.8, 4) is 0 Å². The lowest BCUT2D eigenvalue weighted by Crippen LogP contribution is -2.53. The van der Waals surface area contributed by atoms with Crippen LogP contribution in [-0.2, 0) is 9.47 Å². The van der Waals surface area contributed by atoms with Gasteiger partial charge in [-0.1, -0.05) is 18.2 Å². The molecule has 1 aliphatic heterocycles. The molecule has 3 atom stereocenters. The van der Waals surface area contributed by atoms with E-state index in [9.17, 15) is 4.79 Å². The van der Waals surface area contributed by atoms with Gasteiger partial charge in [0.1, 0.15) is 6.10 Å². The second-order valence-corrected chi connectivity index (χ2v) is 7.03. The van der Waals surface area contributed by atoms with E-state index >= 15 is 0 Å². The monoisotopic (exact) mass is 331 g/mol. The van der Waals surface area contributed by atoms with Crippen molar-refractivity contribution in [3.05, 3.63) is 35.2 Å². The predicted octanol–water partition coefficient (Wildman–Crippen LogP) is 3.31. The van der Waals surface area contributed by atoms with Gasteiger partial charge < -0.3 is 14.4 Å². The molecular formula is C18H21NO3S. The van der Waals surface area contributed by atoms with Gasteiger partial charge in [0, 0.05) is 28.6 Å². The average molecular weight is 331 g/mol. The molecule has 2 aliphatic rings. The van der Waals surface area contributed by atoms with E-state index in [0.717, 1.165) is 23.8 Å². The van der Waals surface area contributed by atoms with Crippen molar-refractivity contribution in [2.45, 2.75) is 38.0 Å². The molecule has 5 heteroatoms. The second kappa shape index (κ2) is 6.23. The first kappa shape index (κ1) is 15.1. The van der Waals surface area contributed by atoms with E-state index in [1.807, 2.05) is 35.4 Å². The first-order chi connectivity index (χ1) is 11.3. The Balaban J connectivity index is 1.61. The van der Waals surface area contributed by atoms with Gasteiger partial charge in [-0.3, -0.25) is 4.79 Å². The summed E-state index contributed by atoms with van der Waals surface area (Å²) in [5.41, 5.74) is 0.825. The Labute approximate surface area is 140 Å². The van der Waals surface area contributed by atoms with Crippen LogP contribution in [0.25, 0.3) is 10.1 Å². The minimum atomic E-state index is 0.0255. The molecule has 0 unspecified atom stereocenters. The number of ether oxygens (including phenoxy) is 2. The third-order valence-corrected chi connectivity index (χ3v) is 5.85. The van der Waals surface area contributed by atoms with Crippen LogP contribution in [0.2, 0.25) is 0 Å². The summed E-state index contributed by atoms with van der Waals surface area (Å²) in [5.74, 6) is 0.137. The van der Waals surface area contributed by atoms with E-state index in [4.69, 9.17) is 9.47 Å². The van der Waals surface area contributed by atoms with Gasteiger partial charge in [0.25, 0.3) is 5.91 Å². The van der Waals surface area contributed by atoms with Crippen molar-refractivity contribution in [2.75, 3.05) is 19.8 Å². The van der Waals surface area contributed by atoms with Crippen LogP contribution in [-0.4, -0.2) is 48.8 Å². The minimum Gasteiger partial charge on any atom is -0.376 e. The molecule has 23 heavy (non-hydrogen) atoms. The highest BCUT2D eigenvalue weighted by atomic mass is 32.1. The lowest BCUT2D eigenvalue weighted by atomic mass is 10.1. The molecule has 1 saturated heterocycles. The van der Waals surface area contributed by atoms with Crippen molar-refractivity contribution >= 4 is 27.3 Å². The molecule has 122 valence electrons. The highest BCUT2D eigenvalue weighted by Gasteiger charge is 2.45. The number of fused-ring (bicyclic) bond motifs is 2. The van der Waals surface area contributed by atoms with Crippen LogP contribution in [0.15, 0.2) is 29.6 Å². The lowest BCUT2D eigenvalue weighted by Gasteiger charge is -2.39. The van der Waals surface area contributed by atoms with Gasteiger partial charge in [-0.2, -0.15) is 0 Å². The van der Waals surface area contributed by atoms with Gasteiger partial charge in [0.05, 0.1) is 24.3 Å². The maximum atomic E-state index is 13.1. The molecule has 1 aliphatic carbocycles. The number of hydrogen-bond donors (Lipinski definition) is 0. The summed E-state index contributed by atoms with van der Waals surface area (Å²) in [5, 5.41) is 3.05. The number of thiophene rings is 1. The van der Waals surface area contributed by atoms with Crippen LogP contribution in [0.3, 0.4) is 0 Å². The van der Waals surface area contributed by atoms with Crippen molar-refractivity contribution in [1.29, 1.82) is 0 Å². The zero-order valence-electron chi connectivity index (χ0n) is 13.2. The Kier molecular flexibility index (Phi) is 4.09. The molecule has 0 radical (unpaired) electrons. The number of rotatable bonds is 3. The number of carbonyl (C=O) groups is 1. The Morgan fingerprint density at radius 2 is 2.26 bits per heavy atom. The number of hydrogen-bond acceptors (Lipinski definition) is 4. The fraction of sp³-hybridized carbons (Fsp3) is 0.500. The standard InChI is InChI=1S/C18H21NO3S/c1-2-21-15-8-7-14-17(15)22-10-9-19(14)18(20)13-11-23-16-6-4-3-5-12(13)16/h3-6,11,14-15,17H,2,7-10H2,1H3/t14-,15-,17+/m0/s1. The van der Waals surface area contributed by atoms with Gasteiger partial charge in [0.15, 0.2) is 0 Å². The lowest BCUT2D eigenvalue weighted by molar-refractivity contribution is -0.102. The molecule has 2 fully saturated rings. The number of carbonyl (C=O) groups excluding carboxylic acids is 1. The van der Waals surface area contributed by atoms with E-state index in [0.29, 0.717) is 19.8 Å². The van der Waals surface area contributed by atoms with E-state index in [2.05, 4.69) is 6.07 Å². The van der Waals surface area contributed by atoms with Gasteiger partial charge in [-0.05, 0) is 25.8 Å². The molecule has 1 aromatic carbocycles. The topological polar surface area (TPSA) is 38.8 Å². The first-order valence-electron chi connectivity index (χ1n) is 8.30. The van der Waals surface area contributed by atoms with Crippen molar-refractivity contribution in [3.63, 3.8) is 0 Å². The van der Waals surface area contributed by atoms with E-state index < -0.39 is 0 Å². The van der Waals surface area contributed by atoms with E-state index in [1.54, 1.807) is 11.3 Å². The maximum absolute atomic E-state index is 13.1. The number of benzene rings is 1. The van der Waals surface area contributed by atoms with Crippen LogP contribution in [0.5, 0.6) is 0 Å². The van der Waals surface area contributed by atoms with E-state index in [1.165, 1.54) is 4.70 Å². The molecule has 0 spiro atoms. The summed E-state index contributed by atoms with van der Waals surface area (Å²) in [6, 6.07) is 8.26. The quantitative estimate of drug-likeness (QED) is 0.866. The fourth-order valence-electron chi connectivity index (χ4n) is 3.86. The zero-order valence-corrected chi connectivity index (χ0v) is 14.1. The fourth-order valence-corrected chi connectivity index (χ4v) is 4.79. The van der Waals surface area contributed by atoms with Crippen LogP contribution in [0.4, 0.5) is 0 Å². The molecule has 0 N–H and O–H groups in total. The van der Waals surface area contributed by atoms with Crippen LogP contribution in [0, 0.1) is 0 Å². The molecule has 4 nitrogen and oxygen atoms in total. The molecular weight excluding hydrogens is 310 g/mol. The van der Waals surface area contributed by atoms with E-state index in [-0.39, 0.29) is 24.2 Å². The predicted molar refractivity (Wildman–Crippen MR) is 91.0 cm³/mol. The largest absolute Gasteiger partial charge is 0.376 e. The second-order valence-electron chi connectivity index (χ2n) is 6.12. The maximum Gasteiger partial charge on any atom is 0.255 e. The average Bonchev–Trinajstić information content (AvgIpc) is 3.19. The van der Waals surface area contributed by atoms with Gasteiger partial charge >= 0.3 is 0 Å². The van der Waals surface area contributed by atoms with Gasteiger partial charge in [0.2, 0.25) is 0 Å². The Morgan fingerprint density at radius 1 is 1.39 bits per heavy atom. The Morgan fingerprint density at radius 3 is 3.13 bits per heavy atom. The van der Waals surface area contributed by atoms with Crippen LogP contribution >= 0.6 is 11.3 Å². The Bertz CT molecular complexity index is 713. The zero-order chi connectivity index (χ0) is 15.8. The summed E-state index contributed by atoms with van der Waals surface area (Å²) >= 11 is 1.64. The van der Waals surface area contributed by atoms with Crippen molar-refractivity contribution in [1.82, 2.24) is 4.90 Å². The van der Waals surface area contributed by atoms with Crippen LogP contribution < -0.4 is 0 Å². The normalized spacial score (nSPS) is 27.3. The summed E-state index contributed by atoms with van der Waals surface area (Å²) < 4.78 is 12.9. The SMILES string of the molecule is CCO[C@H]1CC[C@H]2[C@H]1OCCN2C(=O)c1csc2ccccc12. The first-order valence-corrected chi connectivity index (χ1v) is 9.18. The molecule has 4 rings (SSSR count). The van der Waals surface area contributed by atoms with Crippen LogP contribution in [0.1, 0.15) is 30.1 Å². The number of amides is 1. The highest BCUT2D eigenvalue weighted by Crippen LogP contribution is 2.34. The summed E-state index contributed by atoms with van der Waals surface area (Å²) in [7, 11) is 0. The molecule has 2 aromatic rings. The third-order valence-electron chi connectivity index (χ3n) is 4.89. The van der Waals surface area contributed by atoms with Gasteiger partial charge in [-0.25, -0.2) is 0 Å². The van der Waals surface area contributed by atoms with Crippen molar-refractivity contribution < 1.29 is 14.3 Å². The minimum absolute atomic E-state index is 0.0255. The number of nitrogens with zero attached hydrogens (tertiary/aromatic N) is 1. The molecule has 1 saturated carbocycles. The number of morpholine rings is 1. The molecule has 1 aromatic heterocycles. The smallest absolute Gasteiger partial charge is 0.255 e. The Hall–Kier alpha value is -1.43.